The van der Waals surface area contributed by atoms with E-state index in [-0.39, 0.29) is 17.5 Å². The number of aryl methyl sites for hydroxylation is 1. The second-order valence-electron chi connectivity index (χ2n) is 8.46. The molecule has 2 amide bonds. The number of carbonyl (C=O) groups is 2. The van der Waals surface area contributed by atoms with E-state index in [0.29, 0.717) is 18.3 Å². The lowest BCUT2D eigenvalue weighted by Crippen LogP contribution is -2.65. The molecule has 25 heavy (non-hydrogen) atoms. The van der Waals surface area contributed by atoms with Gasteiger partial charge in [0.25, 0.3) is 0 Å². The van der Waals surface area contributed by atoms with Gasteiger partial charge in [0.15, 0.2) is 0 Å². The van der Waals surface area contributed by atoms with Crippen LogP contribution >= 0.6 is 0 Å². The zero-order valence-corrected chi connectivity index (χ0v) is 14.9. The molecule has 4 bridgehead atoms. The molecule has 2 N–H and O–H groups in total. The van der Waals surface area contributed by atoms with Gasteiger partial charge in [0.2, 0.25) is 0 Å². The molecule has 0 spiro atoms. The highest BCUT2D eigenvalue weighted by molar-refractivity contribution is 5.90. The minimum absolute atomic E-state index is 0.0909. The normalized spacial score (nSPS) is 35.3. The lowest BCUT2D eigenvalue weighted by molar-refractivity contribution is -0.171. The topological polar surface area (TPSA) is 67.4 Å². The minimum atomic E-state index is -0.393. The maximum absolute atomic E-state index is 12.6. The van der Waals surface area contributed by atoms with Crippen molar-refractivity contribution >= 4 is 17.7 Å². The highest BCUT2D eigenvalue weighted by Gasteiger charge is 2.61. The molecule has 5 nitrogen and oxygen atoms in total. The molecule has 1 aromatic rings. The molecule has 4 saturated carbocycles. The monoisotopic (exact) mass is 342 g/mol. The fourth-order valence-corrected chi connectivity index (χ4v) is 5.99. The van der Waals surface area contributed by atoms with Crippen molar-refractivity contribution in [3.63, 3.8) is 0 Å². The van der Waals surface area contributed by atoms with Crippen LogP contribution in [0.1, 0.15) is 44.1 Å². The Hall–Kier alpha value is -2.04. The number of ether oxygens (including phenoxy) is 1. The average Bonchev–Trinajstić information content (AvgIpc) is 2.52. The predicted octanol–water partition coefficient (Wildman–Crippen LogP) is 3.63. The molecular formula is C20H26N2O3. The Morgan fingerprint density at radius 1 is 1.16 bits per heavy atom. The molecule has 0 aliphatic heterocycles. The Morgan fingerprint density at radius 3 is 2.52 bits per heavy atom. The van der Waals surface area contributed by atoms with Crippen molar-refractivity contribution in [1.29, 1.82) is 0 Å². The summed E-state index contributed by atoms with van der Waals surface area (Å²) in [5.41, 5.74) is 1.24. The van der Waals surface area contributed by atoms with Crippen molar-refractivity contribution in [3.8, 4) is 0 Å². The first-order chi connectivity index (χ1) is 11.9. The van der Waals surface area contributed by atoms with E-state index in [1.54, 1.807) is 0 Å². The third kappa shape index (κ3) is 2.90. The number of hydrogen-bond acceptors (Lipinski definition) is 3. The standard InChI is InChI=1S/C20H26N2O3/c1-13-4-3-5-16(6-13)21-18(24)22-20-10-14-7-15(11-20)9-19(8-14,12-20)17(23)25-2/h3-6,14-15H,7-12H2,1-2H3,(H2,21,22,24)/t14-,15-,19?,20?/m0/s1. The summed E-state index contributed by atoms with van der Waals surface area (Å²) >= 11 is 0. The molecule has 5 rings (SSSR count). The fourth-order valence-electron chi connectivity index (χ4n) is 5.99. The summed E-state index contributed by atoms with van der Waals surface area (Å²) in [6.45, 7) is 2.00. The van der Waals surface area contributed by atoms with Crippen molar-refractivity contribution in [3.05, 3.63) is 29.8 Å². The quantitative estimate of drug-likeness (QED) is 0.824. The van der Waals surface area contributed by atoms with Crippen LogP contribution < -0.4 is 10.6 Å². The van der Waals surface area contributed by atoms with Crippen LogP contribution in [0.15, 0.2) is 24.3 Å². The molecule has 5 heteroatoms. The Labute approximate surface area is 148 Å². The zero-order chi connectivity index (χ0) is 17.7. The number of amides is 2. The average molecular weight is 342 g/mol. The van der Waals surface area contributed by atoms with E-state index in [2.05, 4.69) is 10.6 Å². The number of methoxy groups -OCH3 is 1. The molecule has 0 unspecified atom stereocenters. The first-order valence-corrected chi connectivity index (χ1v) is 9.16. The van der Waals surface area contributed by atoms with Crippen LogP contribution in [0.2, 0.25) is 0 Å². The van der Waals surface area contributed by atoms with E-state index in [1.807, 2.05) is 31.2 Å². The van der Waals surface area contributed by atoms with Gasteiger partial charge in [0.05, 0.1) is 12.5 Å². The molecule has 2 atom stereocenters. The van der Waals surface area contributed by atoms with Gasteiger partial charge in [-0.3, -0.25) is 4.79 Å². The number of anilines is 1. The Balaban J connectivity index is 1.51. The number of nitrogens with one attached hydrogen (secondary N) is 2. The Bertz CT molecular complexity index is 701. The molecular weight excluding hydrogens is 316 g/mol. The Morgan fingerprint density at radius 2 is 1.88 bits per heavy atom. The SMILES string of the molecule is COC(=O)C12C[C@@H]3C[C@H](CC(NC(=O)Nc4cccc(C)c4)(C3)C1)C2. The lowest BCUT2D eigenvalue weighted by atomic mass is 9.47. The largest absolute Gasteiger partial charge is 0.469 e. The van der Waals surface area contributed by atoms with Crippen LogP contribution in [0, 0.1) is 24.2 Å². The fraction of sp³-hybridized carbons (Fsp3) is 0.600. The second kappa shape index (κ2) is 5.75. The molecule has 4 fully saturated rings. The van der Waals surface area contributed by atoms with Gasteiger partial charge in [0.1, 0.15) is 0 Å². The number of urea groups is 1. The first-order valence-electron chi connectivity index (χ1n) is 9.16. The van der Waals surface area contributed by atoms with Crippen molar-refractivity contribution in [2.45, 2.75) is 51.0 Å². The van der Waals surface area contributed by atoms with Crippen LogP contribution in [0.4, 0.5) is 10.5 Å². The molecule has 134 valence electrons. The van der Waals surface area contributed by atoms with Gasteiger partial charge in [-0.2, -0.15) is 0 Å². The van der Waals surface area contributed by atoms with E-state index >= 15 is 0 Å². The van der Waals surface area contributed by atoms with Crippen molar-refractivity contribution in [2.75, 3.05) is 12.4 Å². The summed E-state index contributed by atoms with van der Waals surface area (Å²) in [6, 6.07) is 7.61. The van der Waals surface area contributed by atoms with Gasteiger partial charge in [-0.15, -0.1) is 0 Å². The highest BCUT2D eigenvalue weighted by Crippen LogP contribution is 2.62. The third-order valence-electron chi connectivity index (χ3n) is 6.33. The van der Waals surface area contributed by atoms with E-state index in [9.17, 15) is 9.59 Å². The second-order valence-corrected chi connectivity index (χ2v) is 8.46. The summed E-state index contributed by atoms with van der Waals surface area (Å²) in [5, 5.41) is 6.19. The van der Waals surface area contributed by atoms with Gasteiger partial charge in [-0.05, 0) is 75.0 Å². The summed E-state index contributed by atoms with van der Waals surface area (Å²) in [5.74, 6) is 0.936. The van der Waals surface area contributed by atoms with Crippen molar-refractivity contribution in [1.82, 2.24) is 5.32 Å². The third-order valence-corrected chi connectivity index (χ3v) is 6.33. The smallest absolute Gasteiger partial charge is 0.319 e. The van der Waals surface area contributed by atoms with Crippen LogP contribution in [-0.4, -0.2) is 24.6 Å². The Kier molecular flexibility index (Phi) is 3.78. The molecule has 0 heterocycles. The highest BCUT2D eigenvalue weighted by atomic mass is 16.5. The first kappa shape index (κ1) is 16.4. The van der Waals surface area contributed by atoms with Crippen molar-refractivity contribution < 1.29 is 14.3 Å². The lowest BCUT2D eigenvalue weighted by Gasteiger charge is -2.60. The van der Waals surface area contributed by atoms with Crippen LogP contribution in [0.3, 0.4) is 0 Å². The molecule has 1 aromatic carbocycles. The number of esters is 1. The van der Waals surface area contributed by atoms with Gasteiger partial charge in [-0.25, -0.2) is 4.79 Å². The van der Waals surface area contributed by atoms with Crippen LogP contribution in [0.25, 0.3) is 0 Å². The molecule has 0 saturated heterocycles. The number of hydrogen-bond donors (Lipinski definition) is 2. The van der Waals surface area contributed by atoms with Crippen LogP contribution in [0.5, 0.6) is 0 Å². The van der Waals surface area contributed by atoms with Gasteiger partial charge in [-0.1, -0.05) is 12.1 Å². The van der Waals surface area contributed by atoms with Gasteiger partial charge < -0.3 is 15.4 Å². The van der Waals surface area contributed by atoms with E-state index in [1.165, 1.54) is 13.5 Å². The summed E-state index contributed by atoms with van der Waals surface area (Å²) in [7, 11) is 1.48. The number of benzene rings is 1. The zero-order valence-electron chi connectivity index (χ0n) is 14.9. The maximum Gasteiger partial charge on any atom is 0.319 e. The minimum Gasteiger partial charge on any atom is -0.469 e. The number of rotatable bonds is 3. The molecule has 4 aliphatic rings. The molecule has 0 aromatic heterocycles. The van der Waals surface area contributed by atoms with E-state index in [0.717, 1.165) is 36.9 Å². The van der Waals surface area contributed by atoms with Gasteiger partial charge >= 0.3 is 12.0 Å². The van der Waals surface area contributed by atoms with Gasteiger partial charge in [0, 0.05) is 11.2 Å². The summed E-state index contributed by atoms with van der Waals surface area (Å²) < 4.78 is 5.13. The molecule has 4 aliphatic carbocycles. The van der Waals surface area contributed by atoms with Crippen LogP contribution in [-0.2, 0) is 9.53 Å². The van der Waals surface area contributed by atoms with E-state index in [4.69, 9.17) is 4.74 Å². The maximum atomic E-state index is 12.6. The van der Waals surface area contributed by atoms with Crippen molar-refractivity contribution in [2.24, 2.45) is 17.3 Å². The summed E-state index contributed by atoms with van der Waals surface area (Å²) in [6.07, 6.45) is 5.67. The molecule has 0 radical (unpaired) electrons. The van der Waals surface area contributed by atoms with E-state index < -0.39 is 5.41 Å². The number of carbonyl (C=O) groups excluding carboxylic acids is 2. The summed E-state index contributed by atoms with van der Waals surface area (Å²) in [4.78, 5) is 25.1. The predicted molar refractivity (Wildman–Crippen MR) is 95.2 cm³/mol.